The summed E-state index contributed by atoms with van der Waals surface area (Å²) in [5.74, 6) is -0.877. The monoisotopic (exact) mass is 1150 g/mol. The quantitative estimate of drug-likeness (QED) is 0.0241. The molecule has 20 heteroatoms. The first-order chi connectivity index (χ1) is 35.3. The Balaban J connectivity index is 0.000000741. The molecule has 0 aromatic heterocycles. The number of hydrogen-bond acceptors (Lipinski definition) is 12. The number of aryl methyl sites for hydroxylation is 2. The van der Waals surface area contributed by atoms with Crippen molar-refractivity contribution in [3.05, 3.63) is 96.1 Å². The number of rotatable bonds is 38. The summed E-state index contributed by atoms with van der Waals surface area (Å²) in [5.41, 5.74) is 1.00. The van der Waals surface area contributed by atoms with E-state index in [9.17, 15) is 51.9 Å². The van der Waals surface area contributed by atoms with Gasteiger partial charge in [0, 0.05) is 0 Å². The topological polar surface area (TPSA) is 242 Å². The standard InChI is InChI=1S/2C28H42O7S2.2Na/c2*1-2-3-4-5-6-7-8-9-10-11-12-13-14-15-19-24-20-18-23-27(37(32,33)34)28(24)35-25-21-16-17-22-26(25)36(29,30)31;;/h2*16-18,20-23H,2-15,19H2,1H3,(H,29,30,31)(H,32,33,34);;/q;;2*+1/p-2. The maximum atomic E-state index is 11.9. The van der Waals surface area contributed by atoms with Crippen LogP contribution in [0.2, 0.25) is 0 Å². The molecular formula is C56H82Na2O14S4. The molecule has 4 aromatic rings. The molecule has 0 fully saturated rings. The summed E-state index contributed by atoms with van der Waals surface area (Å²) in [7, 11) is -19.0. The van der Waals surface area contributed by atoms with Crippen LogP contribution in [0.25, 0.3) is 0 Å². The predicted molar refractivity (Wildman–Crippen MR) is 290 cm³/mol. The van der Waals surface area contributed by atoms with Gasteiger partial charge >= 0.3 is 59.1 Å². The fourth-order valence-electron chi connectivity index (χ4n) is 8.88. The van der Waals surface area contributed by atoms with Gasteiger partial charge in [0.15, 0.2) is 0 Å². The Labute approximate surface area is 501 Å². The zero-order valence-electron chi connectivity index (χ0n) is 45.7. The second-order valence-corrected chi connectivity index (χ2v) is 24.6. The van der Waals surface area contributed by atoms with Gasteiger partial charge in [-0.05, 0) is 73.2 Å². The molecule has 0 aliphatic heterocycles. The van der Waals surface area contributed by atoms with Gasteiger partial charge in [-0.2, -0.15) is 16.8 Å². The van der Waals surface area contributed by atoms with Crippen molar-refractivity contribution < 1.29 is 120 Å². The van der Waals surface area contributed by atoms with Gasteiger partial charge in [-0.3, -0.25) is 9.11 Å². The molecule has 0 heterocycles. The Morgan fingerprint density at radius 2 is 0.579 bits per heavy atom. The first-order valence-electron chi connectivity index (χ1n) is 26.9. The van der Waals surface area contributed by atoms with Crippen molar-refractivity contribution in [2.75, 3.05) is 0 Å². The molecular weight excluding hydrogens is 1070 g/mol. The van der Waals surface area contributed by atoms with Gasteiger partial charge in [-0.1, -0.05) is 229 Å². The van der Waals surface area contributed by atoms with E-state index in [2.05, 4.69) is 13.8 Å². The van der Waals surface area contributed by atoms with Crippen LogP contribution < -0.4 is 68.6 Å². The minimum absolute atomic E-state index is 0. The first kappa shape index (κ1) is 72.1. The molecule has 0 spiro atoms. The zero-order chi connectivity index (χ0) is 54.3. The van der Waals surface area contributed by atoms with Gasteiger partial charge in [-0.25, -0.2) is 16.8 Å². The van der Waals surface area contributed by atoms with Crippen molar-refractivity contribution in [2.24, 2.45) is 0 Å². The van der Waals surface area contributed by atoms with Crippen molar-refractivity contribution in [3.63, 3.8) is 0 Å². The molecule has 0 atom stereocenters. The smallest absolute Gasteiger partial charge is 0.744 e. The van der Waals surface area contributed by atoms with E-state index in [1.165, 1.54) is 177 Å². The third-order valence-electron chi connectivity index (χ3n) is 12.9. The van der Waals surface area contributed by atoms with Crippen molar-refractivity contribution in [3.8, 4) is 23.0 Å². The fraction of sp³-hybridized carbons (Fsp3) is 0.571. The Kier molecular flexibility index (Phi) is 37.5. The number of ether oxygens (including phenoxy) is 2. The minimum atomic E-state index is -4.87. The Bertz CT molecular complexity index is 2520. The van der Waals surface area contributed by atoms with Crippen molar-refractivity contribution in [1.29, 1.82) is 0 Å². The van der Waals surface area contributed by atoms with Crippen LogP contribution in [0.3, 0.4) is 0 Å². The molecule has 0 radical (unpaired) electrons. The van der Waals surface area contributed by atoms with E-state index in [1.54, 1.807) is 12.1 Å². The molecule has 76 heavy (non-hydrogen) atoms. The van der Waals surface area contributed by atoms with E-state index in [1.807, 2.05) is 0 Å². The van der Waals surface area contributed by atoms with Crippen LogP contribution in [-0.2, 0) is 53.3 Å². The van der Waals surface area contributed by atoms with Gasteiger partial charge in [-0.15, -0.1) is 0 Å². The number of benzene rings is 4. The largest absolute Gasteiger partial charge is 1.00 e. The van der Waals surface area contributed by atoms with E-state index in [0.29, 0.717) is 24.0 Å². The van der Waals surface area contributed by atoms with Gasteiger partial charge < -0.3 is 18.6 Å². The van der Waals surface area contributed by atoms with Gasteiger partial charge in [0.25, 0.3) is 20.2 Å². The van der Waals surface area contributed by atoms with E-state index in [-0.39, 0.29) is 82.1 Å². The second kappa shape index (κ2) is 39.5. The molecule has 14 nitrogen and oxygen atoms in total. The summed E-state index contributed by atoms with van der Waals surface area (Å²) in [6.07, 6.45) is 35.0. The Hall–Kier alpha value is -1.88. The van der Waals surface area contributed by atoms with Gasteiger partial charge in [0.1, 0.15) is 53.0 Å². The predicted octanol–water partition coefficient (Wildman–Crippen LogP) is 9.32. The number of unbranched alkanes of at least 4 members (excludes halogenated alkanes) is 26. The summed E-state index contributed by atoms with van der Waals surface area (Å²) in [6, 6.07) is 19.3. The fourth-order valence-corrected chi connectivity index (χ4v) is 11.4. The summed E-state index contributed by atoms with van der Waals surface area (Å²) in [6.45, 7) is 4.47. The number of para-hydroxylation sites is 4. The molecule has 0 saturated carbocycles. The molecule has 0 aliphatic carbocycles. The number of hydrogen-bond donors (Lipinski definition) is 2. The van der Waals surface area contributed by atoms with Gasteiger partial charge in [0.2, 0.25) is 0 Å². The van der Waals surface area contributed by atoms with Crippen LogP contribution in [-0.4, -0.2) is 51.9 Å². The molecule has 2 N–H and O–H groups in total. The van der Waals surface area contributed by atoms with Crippen molar-refractivity contribution in [1.82, 2.24) is 0 Å². The Morgan fingerprint density at radius 3 is 0.829 bits per heavy atom. The average Bonchev–Trinajstić information content (AvgIpc) is 3.34. The van der Waals surface area contributed by atoms with Crippen LogP contribution in [0.4, 0.5) is 0 Å². The minimum Gasteiger partial charge on any atom is -0.744 e. The molecule has 0 bridgehead atoms. The Morgan fingerprint density at radius 1 is 0.342 bits per heavy atom. The maximum Gasteiger partial charge on any atom is 1.00 e. The summed E-state index contributed by atoms with van der Waals surface area (Å²) < 4.78 is 149. The van der Waals surface area contributed by atoms with E-state index >= 15 is 0 Å². The van der Waals surface area contributed by atoms with Crippen LogP contribution in [0.15, 0.2) is 105 Å². The molecule has 0 aliphatic rings. The zero-order valence-corrected chi connectivity index (χ0v) is 53.0. The summed E-state index contributed by atoms with van der Waals surface area (Å²) in [5, 5.41) is 0. The first-order valence-corrected chi connectivity index (χ1v) is 32.6. The van der Waals surface area contributed by atoms with Crippen LogP contribution in [0, 0.1) is 0 Å². The van der Waals surface area contributed by atoms with E-state index in [4.69, 9.17) is 9.47 Å². The molecule has 4 rings (SSSR count). The third kappa shape index (κ3) is 29.0. The maximum absolute atomic E-state index is 11.9. The molecule has 0 saturated heterocycles. The van der Waals surface area contributed by atoms with E-state index < -0.39 is 60.1 Å². The van der Waals surface area contributed by atoms with Crippen LogP contribution >= 0.6 is 0 Å². The molecule has 0 unspecified atom stereocenters. The van der Waals surface area contributed by atoms with Crippen molar-refractivity contribution in [2.45, 2.75) is 226 Å². The van der Waals surface area contributed by atoms with Crippen LogP contribution in [0.5, 0.6) is 23.0 Å². The third-order valence-corrected chi connectivity index (χ3v) is 16.4. The van der Waals surface area contributed by atoms with E-state index in [0.717, 1.165) is 75.6 Å². The molecule has 0 amide bonds. The van der Waals surface area contributed by atoms with Crippen LogP contribution in [0.1, 0.15) is 205 Å². The van der Waals surface area contributed by atoms with Crippen molar-refractivity contribution >= 4 is 40.5 Å². The molecule has 416 valence electrons. The SMILES string of the molecule is CCCCCCCCCCCCCCCCc1cccc(S(=O)(=O)[O-])c1Oc1ccccc1S(=O)(=O)O.CCCCCCCCCCCCCCCCc1cccc(S(=O)(=O)[O-])c1Oc1ccccc1S(=O)(=O)O.[Na+].[Na+]. The average molecular weight is 1150 g/mol. The summed E-state index contributed by atoms with van der Waals surface area (Å²) >= 11 is 0. The second-order valence-electron chi connectivity index (χ2n) is 19.1. The van der Waals surface area contributed by atoms with Gasteiger partial charge in [0.05, 0.1) is 9.79 Å². The normalized spacial score (nSPS) is 11.8. The summed E-state index contributed by atoms with van der Waals surface area (Å²) in [4.78, 5) is -2.12. The molecule has 4 aromatic carbocycles.